The van der Waals surface area contributed by atoms with Crippen LogP contribution >= 0.6 is 22.6 Å². The third kappa shape index (κ3) is 2.16. The number of allylic oxidation sites excluding steroid dienone is 4. The number of dihydropyridines is 1. The molecule has 2 heterocycles. The highest BCUT2D eigenvalue weighted by atomic mass is 127. The minimum atomic E-state index is -0.327. The second-order valence-electron chi connectivity index (χ2n) is 5.18. The molecule has 1 aromatic heterocycles. The Morgan fingerprint density at radius 1 is 1.14 bits per heavy atom. The predicted molar refractivity (Wildman–Crippen MR) is 91.3 cm³/mol. The number of nitrogens with zero attached hydrogens (tertiary/aromatic N) is 3. The molecule has 0 aliphatic carbocycles. The van der Waals surface area contributed by atoms with Gasteiger partial charge in [-0.05, 0) is 54.1 Å². The van der Waals surface area contributed by atoms with E-state index < -0.39 is 0 Å². The van der Waals surface area contributed by atoms with E-state index in [4.69, 9.17) is 0 Å². The van der Waals surface area contributed by atoms with Gasteiger partial charge < -0.3 is 5.32 Å². The topological polar surface area (TPSA) is 88.3 Å². The van der Waals surface area contributed by atoms with E-state index in [0.717, 1.165) is 31.6 Å². The van der Waals surface area contributed by atoms with E-state index in [1.165, 1.54) is 0 Å². The van der Waals surface area contributed by atoms with E-state index in [0.29, 0.717) is 11.1 Å². The summed E-state index contributed by atoms with van der Waals surface area (Å²) in [5.41, 5.74) is 4.64. The molecule has 1 aliphatic heterocycles. The van der Waals surface area contributed by atoms with Gasteiger partial charge in [-0.25, -0.2) is 0 Å². The average molecular weight is 401 g/mol. The van der Waals surface area contributed by atoms with Gasteiger partial charge in [0, 0.05) is 16.8 Å². The number of halogens is 1. The van der Waals surface area contributed by atoms with Crippen molar-refractivity contribution in [2.75, 3.05) is 0 Å². The number of hydrogen-bond donors (Lipinski definition) is 2. The van der Waals surface area contributed by atoms with Crippen molar-refractivity contribution in [1.29, 1.82) is 10.5 Å². The van der Waals surface area contributed by atoms with E-state index in [2.05, 4.69) is 50.2 Å². The van der Waals surface area contributed by atoms with Gasteiger partial charge in [0.05, 0.1) is 34.7 Å². The summed E-state index contributed by atoms with van der Waals surface area (Å²) in [5, 5.41) is 30.3. The summed E-state index contributed by atoms with van der Waals surface area (Å²) < 4.78 is 0.877. The largest absolute Gasteiger partial charge is 0.361 e. The molecule has 0 fully saturated rings. The highest BCUT2D eigenvalue weighted by Crippen LogP contribution is 2.38. The molecule has 0 saturated heterocycles. The fourth-order valence-electron chi connectivity index (χ4n) is 2.80. The molecule has 6 heteroatoms. The molecule has 0 atom stereocenters. The van der Waals surface area contributed by atoms with E-state index in [1.807, 2.05) is 32.0 Å². The van der Waals surface area contributed by atoms with Crippen LogP contribution in [0.3, 0.4) is 0 Å². The summed E-state index contributed by atoms with van der Waals surface area (Å²) in [5.74, 6) is -0.327. The normalized spacial score (nSPS) is 15.7. The second-order valence-corrected chi connectivity index (χ2v) is 6.20. The molecule has 1 aromatic carbocycles. The fourth-order valence-corrected chi connectivity index (χ4v) is 3.37. The van der Waals surface area contributed by atoms with E-state index in [1.54, 1.807) is 0 Å². The molecule has 0 saturated carbocycles. The first-order valence-corrected chi connectivity index (χ1v) is 7.77. The van der Waals surface area contributed by atoms with Crippen molar-refractivity contribution in [3.63, 3.8) is 0 Å². The number of nitrogens with one attached hydrogen (secondary N) is 2. The van der Waals surface area contributed by atoms with E-state index >= 15 is 0 Å². The highest BCUT2D eigenvalue weighted by Gasteiger charge is 2.29. The number of fused-ring (bicyclic) bond motifs is 1. The molecule has 3 rings (SSSR count). The van der Waals surface area contributed by atoms with E-state index in [9.17, 15) is 10.5 Å². The number of benzene rings is 1. The lowest BCUT2D eigenvalue weighted by Crippen LogP contribution is -2.23. The zero-order valence-corrected chi connectivity index (χ0v) is 14.2. The maximum atomic E-state index is 9.52. The summed E-state index contributed by atoms with van der Waals surface area (Å²) in [6.07, 6.45) is 0. The smallest absolute Gasteiger partial charge is 0.130 e. The lowest BCUT2D eigenvalue weighted by Gasteiger charge is -2.26. The molecule has 2 N–H and O–H groups in total. The van der Waals surface area contributed by atoms with Crippen LogP contribution in [-0.4, -0.2) is 10.2 Å². The summed E-state index contributed by atoms with van der Waals surface area (Å²) >= 11 is 2.17. The van der Waals surface area contributed by atoms with Crippen molar-refractivity contribution in [2.45, 2.75) is 19.8 Å². The van der Waals surface area contributed by atoms with Gasteiger partial charge in [-0.3, -0.25) is 5.10 Å². The number of nitriles is 2. The average Bonchev–Trinajstić information content (AvgIpc) is 2.87. The van der Waals surface area contributed by atoms with Crippen LogP contribution in [-0.2, 0) is 0 Å². The zero-order valence-electron chi connectivity index (χ0n) is 12.0. The minimum absolute atomic E-state index is 0.327. The Kier molecular flexibility index (Phi) is 3.63. The Hall–Kier alpha value is -2.32. The SMILES string of the molecule is CC1=C(C#N)C(c2ccc3[nH]nc(I)c3c2)C(C#N)=C(C)N1. The van der Waals surface area contributed by atoms with Crippen LogP contribution in [0.1, 0.15) is 25.3 Å². The van der Waals surface area contributed by atoms with Gasteiger partial charge in [0.1, 0.15) is 3.70 Å². The van der Waals surface area contributed by atoms with Crippen molar-refractivity contribution in [1.82, 2.24) is 15.5 Å². The van der Waals surface area contributed by atoms with Crippen LogP contribution in [0.4, 0.5) is 0 Å². The molecule has 0 amide bonds. The standard InChI is InChI=1S/C16H12IN5/c1-8-12(6-18)15(13(7-19)9(2)20-8)10-3-4-14-11(5-10)16(17)22-21-14/h3-5,15,20H,1-2H3,(H,21,22). The van der Waals surface area contributed by atoms with Crippen LogP contribution in [0.25, 0.3) is 10.9 Å². The van der Waals surface area contributed by atoms with Crippen molar-refractivity contribution >= 4 is 33.5 Å². The lowest BCUT2D eigenvalue weighted by molar-refractivity contribution is 0.815. The summed E-state index contributed by atoms with van der Waals surface area (Å²) in [6, 6.07) is 10.4. The lowest BCUT2D eigenvalue weighted by atomic mass is 9.81. The first-order valence-electron chi connectivity index (χ1n) is 6.69. The van der Waals surface area contributed by atoms with Gasteiger partial charge in [0.15, 0.2) is 0 Å². The number of rotatable bonds is 1. The fraction of sp³-hybridized carbons (Fsp3) is 0.188. The number of aromatic amines is 1. The van der Waals surface area contributed by atoms with Crippen LogP contribution in [0, 0.1) is 26.4 Å². The Bertz CT molecular complexity index is 884. The number of aromatic nitrogens is 2. The van der Waals surface area contributed by atoms with Crippen molar-refractivity contribution in [2.24, 2.45) is 0 Å². The summed E-state index contributed by atoms with van der Waals surface area (Å²) in [6.45, 7) is 3.73. The van der Waals surface area contributed by atoms with Crippen molar-refractivity contribution in [3.05, 3.63) is 50.0 Å². The molecule has 2 aromatic rings. The Labute approximate surface area is 141 Å². The quantitative estimate of drug-likeness (QED) is 0.717. The van der Waals surface area contributed by atoms with Crippen LogP contribution in [0.2, 0.25) is 0 Å². The maximum absolute atomic E-state index is 9.52. The minimum Gasteiger partial charge on any atom is -0.361 e. The summed E-state index contributed by atoms with van der Waals surface area (Å²) in [7, 11) is 0. The number of hydrogen-bond acceptors (Lipinski definition) is 4. The third-order valence-corrected chi connectivity index (χ3v) is 4.70. The van der Waals surface area contributed by atoms with Gasteiger partial charge in [-0.2, -0.15) is 15.6 Å². The first kappa shape index (κ1) is 14.6. The molecule has 22 heavy (non-hydrogen) atoms. The molecular weight excluding hydrogens is 389 g/mol. The van der Waals surface area contributed by atoms with Gasteiger partial charge in [0.25, 0.3) is 0 Å². The van der Waals surface area contributed by atoms with Gasteiger partial charge >= 0.3 is 0 Å². The van der Waals surface area contributed by atoms with Crippen molar-refractivity contribution in [3.8, 4) is 12.1 Å². The predicted octanol–water partition coefficient (Wildman–Crippen LogP) is 3.45. The molecular formula is C16H12IN5. The molecule has 108 valence electrons. The Morgan fingerprint density at radius 3 is 2.36 bits per heavy atom. The van der Waals surface area contributed by atoms with Crippen LogP contribution in [0.15, 0.2) is 40.7 Å². The van der Waals surface area contributed by atoms with Crippen molar-refractivity contribution < 1.29 is 0 Å². The highest BCUT2D eigenvalue weighted by molar-refractivity contribution is 14.1. The van der Waals surface area contributed by atoms with Gasteiger partial charge in [-0.15, -0.1) is 0 Å². The van der Waals surface area contributed by atoms with Crippen LogP contribution in [0.5, 0.6) is 0 Å². The Balaban J connectivity index is 2.25. The second kappa shape index (κ2) is 5.47. The monoisotopic (exact) mass is 401 g/mol. The molecule has 0 radical (unpaired) electrons. The third-order valence-electron chi connectivity index (χ3n) is 3.87. The van der Waals surface area contributed by atoms with Gasteiger partial charge in [-0.1, -0.05) is 6.07 Å². The molecule has 1 aliphatic rings. The molecule has 0 bridgehead atoms. The molecule has 5 nitrogen and oxygen atoms in total. The summed E-state index contributed by atoms with van der Waals surface area (Å²) in [4.78, 5) is 0. The Morgan fingerprint density at radius 2 is 1.77 bits per heavy atom. The van der Waals surface area contributed by atoms with Gasteiger partial charge in [0.2, 0.25) is 0 Å². The number of H-pyrrole nitrogens is 1. The maximum Gasteiger partial charge on any atom is 0.130 e. The van der Waals surface area contributed by atoms with Crippen LogP contribution < -0.4 is 5.32 Å². The van der Waals surface area contributed by atoms with E-state index in [-0.39, 0.29) is 5.92 Å². The molecule has 0 spiro atoms. The zero-order chi connectivity index (χ0) is 15.9. The first-order chi connectivity index (χ1) is 10.6. The molecule has 0 unspecified atom stereocenters.